The molecule has 0 saturated heterocycles. The second-order valence-corrected chi connectivity index (χ2v) is 4.83. The van der Waals surface area contributed by atoms with Gasteiger partial charge in [0.1, 0.15) is 17.3 Å². The number of benzene rings is 1. The van der Waals surface area contributed by atoms with E-state index in [1.807, 2.05) is 0 Å². The van der Waals surface area contributed by atoms with E-state index in [4.69, 9.17) is 0 Å². The Morgan fingerprint density at radius 1 is 1.28 bits per heavy atom. The van der Waals surface area contributed by atoms with Crippen molar-refractivity contribution in [3.05, 3.63) is 29.3 Å². The van der Waals surface area contributed by atoms with Gasteiger partial charge in [0.25, 0.3) is 0 Å². The van der Waals surface area contributed by atoms with E-state index in [1.54, 1.807) is 19.0 Å². The molecule has 0 heterocycles. The summed E-state index contributed by atoms with van der Waals surface area (Å²) in [5.41, 5.74) is 0.684. The van der Waals surface area contributed by atoms with Gasteiger partial charge in [-0.2, -0.15) is 0 Å². The molecule has 0 spiro atoms. The van der Waals surface area contributed by atoms with Gasteiger partial charge in [-0.3, -0.25) is 0 Å². The molecular formula is C14H22F2N2. The average Bonchev–Trinajstić information content (AvgIpc) is 2.28. The van der Waals surface area contributed by atoms with Crippen LogP contribution < -0.4 is 10.2 Å². The van der Waals surface area contributed by atoms with E-state index in [9.17, 15) is 8.78 Å². The van der Waals surface area contributed by atoms with Crippen LogP contribution in [0.2, 0.25) is 0 Å². The Morgan fingerprint density at radius 3 is 2.28 bits per heavy atom. The molecule has 0 saturated carbocycles. The van der Waals surface area contributed by atoms with Gasteiger partial charge < -0.3 is 10.2 Å². The summed E-state index contributed by atoms with van der Waals surface area (Å²) in [5, 5.41) is 2.88. The maximum Gasteiger partial charge on any atom is 0.149 e. The molecule has 102 valence electrons. The van der Waals surface area contributed by atoms with Crippen LogP contribution in [0.5, 0.6) is 0 Å². The summed E-state index contributed by atoms with van der Waals surface area (Å²) in [6, 6.07) is 2.78. The third-order valence-corrected chi connectivity index (χ3v) is 3.12. The lowest BCUT2D eigenvalue weighted by Crippen LogP contribution is -2.25. The van der Waals surface area contributed by atoms with E-state index in [1.165, 1.54) is 12.1 Å². The summed E-state index contributed by atoms with van der Waals surface area (Å²) in [5.74, 6) is -0.581. The van der Waals surface area contributed by atoms with Gasteiger partial charge in [0, 0.05) is 20.1 Å². The van der Waals surface area contributed by atoms with Crippen molar-refractivity contribution in [3.8, 4) is 0 Å². The van der Waals surface area contributed by atoms with Crippen LogP contribution in [0.25, 0.3) is 0 Å². The molecule has 18 heavy (non-hydrogen) atoms. The van der Waals surface area contributed by atoms with Gasteiger partial charge in [0.15, 0.2) is 0 Å². The lowest BCUT2D eigenvalue weighted by atomic mass is 10.1. The van der Waals surface area contributed by atoms with Gasteiger partial charge in [-0.05, 0) is 30.7 Å². The Bertz CT molecular complexity index is 370. The number of anilines is 1. The zero-order valence-corrected chi connectivity index (χ0v) is 11.6. The number of rotatable bonds is 6. The average molecular weight is 256 g/mol. The summed E-state index contributed by atoms with van der Waals surface area (Å²) in [6.07, 6.45) is 0.991. The first-order valence-electron chi connectivity index (χ1n) is 6.33. The Morgan fingerprint density at radius 2 is 1.83 bits per heavy atom. The molecule has 0 aliphatic heterocycles. The minimum atomic E-state index is -0.494. The van der Waals surface area contributed by atoms with Crippen LogP contribution >= 0.6 is 0 Å². The summed E-state index contributed by atoms with van der Waals surface area (Å²) >= 11 is 0. The molecule has 0 amide bonds. The number of nitrogens with one attached hydrogen (secondary N) is 1. The van der Waals surface area contributed by atoms with Crippen molar-refractivity contribution < 1.29 is 8.78 Å². The first kappa shape index (κ1) is 14.9. The molecule has 1 rings (SSSR count). The van der Waals surface area contributed by atoms with E-state index < -0.39 is 11.6 Å². The molecule has 2 nitrogen and oxygen atoms in total. The normalized spacial score (nSPS) is 12.6. The Labute approximate surface area is 108 Å². The molecule has 0 aliphatic carbocycles. The molecule has 4 heteroatoms. The SMILES string of the molecule is CCC(C)CN(C)c1c(F)cc(CNC)cc1F. The molecule has 1 unspecified atom stereocenters. The highest BCUT2D eigenvalue weighted by Gasteiger charge is 2.16. The number of nitrogens with zero attached hydrogens (tertiary/aromatic N) is 1. The maximum absolute atomic E-state index is 13.9. The van der Waals surface area contributed by atoms with Crippen LogP contribution in [0.4, 0.5) is 14.5 Å². The van der Waals surface area contributed by atoms with Gasteiger partial charge in [-0.15, -0.1) is 0 Å². The topological polar surface area (TPSA) is 15.3 Å². The molecule has 0 bridgehead atoms. The minimum Gasteiger partial charge on any atom is -0.370 e. The monoisotopic (exact) mass is 256 g/mol. The fourth-order valence-electron chi connectivity index (χ4n) is 1.98. The van der Waals surface area contributed by atoms with Gasteiger partial charge in [0.2, 0.25) is 0 Å². The maximum atomic E-state index is 13.9. The fourth-order valence-corrected chi connectivity index (χ4v) is 1.98. The van der Waals surface area contributed by atoms with E-state index in [0.717, 1.165) is 6.42 Å². The summed E-state index contributed by atoms with van der Waals surface area (Å²) in [4.78, 5) is 1.65. The van der Waals surface area contributed by atoms with Crippen molar-refractivity contribution in [1.29, 1.82) is 0 Å². The quantitative estimate of drug-likeness (QED) is 0.841. The third-order valence-electron chi connectivity index (χ3n) is 3.12. The number of hydrogen-bond acceptors (Lipinski definition) is 2. The molecule has 1 atom stereocenters. The van der Waals surface area contributed by atoms with E-state index in [0.29, 0.717) is 24.6 Å². The Kier molecular flexibility index (Phi) is 5.54. The predicted octanol–water partition coefficient (Wildman–Crippen LogP) is 3.17. The Balaban J connectivity index is 2.95. The van der Waals surface area contributed by atoms with Crippen molar-refractivity contribution in [3.63, 3.8) is 0 Å². The van der Waals surface area contributed by atoms with Crippen LogP contribution in [-0.4, -0.2) is 20.6 Å². The van der Waals surface area contributed by atoms with Crippen molar-refractivity contribution >= 4 is 5.69 Å². The highest BCUT2D eigenvalue weighted by Crippen LogP contribution is 2.25. The predicted molar refractivity (Wildman–Crippen MR) is 71.8 cm³/mol. The second-order valence-electron chi connectivity index (χ2n) is 4.83. The molecule has 0 radical (unpaired) electrons. The molecule has 1 aromatic rings. The smallest absolute Gasteiger partial charge is 0.149 e. The molecule has 1 aromatic carbocycles. The largest absolute Gasteiger partial charge is 0.370 e. The Hall–Kier alpha value is -1.16. The van der Waals surface area contributed by atoms with Gasteiger partial charge in [-0.25, -0.2) is 8.78 Å². The van der Waals surface area contributed by atoms with Crippen LogP contribution in [0.3, 0.4) is 0 Å². The van der Waals surface area contributed by atoms with Crippen LogP contribution in [0.1, 0.15) is 25.8 Å². The second kappa shape index (κ2) is 6.69. The summed E-state index contributed by atoms with van der Waals surface area (Å²) < 4.78 is 27.9. The lowest BCUT2D eigenvalue weighted by molar-refractivity contribution is 0.531. The van der Waals surface area contributed by atoms with Gasteiger partial charge in [0.05, 0.1) is 0 Å². The van der Waals surface area contributed by atoms with Crippen molar-refractivity contribution in [2.45, 2.75) is 26.8 Å². The zero-order valence-electron chi connectivity index (χ0n) is 11.6. The molecule has 0 fully saturated rings. The highest BCUT2D eigenvalue weighted by molar-refractivity contribution is 5.50. The number of hydrogen-bond donors (Lipinski definition) is 1. The van der Waals surface area contributed by atoms with Crippen molar-refractivity contribution in [2.75, 3.05) is 25.5 Å². The van der Waals surface area contributed by atoms with Crippen LogP contribution in [0.15, 0.2) is 12.1 Å². The number of halogens is 2. The first-order chi connectivity index (χ1) is 8.49. The van der Waals surface area contributed by atoms with Gasteiger partial charge in [-0.1, -0.05) is 20.3 Å². The summed E-state index contributed by atoms with van der Waals surface area (Å²) in [7, 11) is 3.48. The molecular weight excluding hydrogens is 234 g/mol. The van der Waals surface area contributed by atoms with Crippen LogP contribution in [0, 0.1) is 17.6 Å². The van der Waals surface area contributed by atoms with Crippen molar-refractivity contribution in [2.24, 2.45) is 5.92 Å². The lowest BCUT2D eigenvalue weighted by Gasteiger charge is -2.24. The van der Waals surface area contributed by atoms with E-state index >= 15 is 0 Å². The van der Waals surface area contributed by atoms with Gasteiger partial charge >= 0.3 is 0 Å². The van der Waals surface area contributed by atoms with Crippen LogP contribution in [-0.2, 0) is 6.54 Å². The van der Waals surface area contributed by atoms with E-state index in [2.05, 4.69) is 19.2 Å². The molecule has 0 aliphatic rings. The summed E-state index contributed by atoms with van der Waals surface area (Å²) in [6.45, 7) is 5.25. The fraction of sp³-hybridized carbons (Fsp3) is 0.571. The first-order valence-corrected chi connectivity index (χ1v) is 6.33. The highest BCUT2D eigenvalue weighted by atomic mass is 19.1. The minimum absolute atomic E-state index is 0.0650. The van der Waals surface area contributed by atoms with Crippen molar-refractivity contribution in [1.82, 2.24) is 5.32 Å². The van der Waals surface area contributed by atoms with E-state index in [-0.39, 0.29) is 5.69 Å². The molecule has 0 aromatic heterocycles. The standard InChI is InChI=1S/C14H22F2N2/c1-5-10(2)9-18(4)14-12(15)6-11(8-17-3)7-13(14)16/h6-7,10,17H,5,8-9H2,1-4H3. The third kappa shape index (κ3) is 3.67. The zero-order chi connectivity index (χ0) is 13.7. The molecule has 1 N–H and O–H groups in total.